The summed E-state index contributed by atoms with van der Waals surface area (Å²) >= 11 is 1.74. The first kappa shape index (κ1) is 22.2. The van der Waals surface area contributed by atoms with Crippen LogP contribution in [0.25, 0.3) is 5.95 Å². The second-order valence-electron chi connectivity index (χ2n) is 9.10. The Morgan fingerprint density at radius 3 is 2.89 bits per heavy atom. The molecule has 9 heteroatoms. The van der Waals surface area contributed by atoms with E-state index in [0.717, 1.165) is 61.7 Å². The smallest absolute Gasteiger partial charge is 0.235 e. The number of benzene rings is 1. The Hall–Kier alpha value is -3.30. The van der Waals surface area contributed by atoms with Crippen LogP contribution in [0.5, 0.6) is 11.5 Å². The van der Waals surface area contributed by atoms with Crippen LogP contribution in [-0.2, 0) is 6.42 Å². The maximum absolute atomic E-state index is 5.53. The predicted molar refractivity (Wildman–Crippen MR) is 133 cm³/mol. The van der Waals surface area contributed by atoms with Gasteiger partial charge in [-0.15, -0.1) is 11.3 Å². The zero-order chi connectivity index (χ0) is 23.6. The lowest BCUT2D eigenvalue weighted by Gasteiger charge is -2.27. The van der Waals surface area contributed by atoms with Gasteiger partial charge in [0.1, 0.15) is 6.33 Å². The number of unbranched alkanes of at least 4 members (excludes halogenated alkanes) is 1. The number of aromatic nitrogens is 5. The standard InChI is InChI=1S/C26H28N6O2S/c1-18-14-21(30-26(29-18)32-12-8-27-16-32)24-20(25-28-9-13-35-25)7-11-31(24)10-3-2-4-19-5-6-22-23(15-19)34-17-33-22/h5-6,8-9,12-16,20,24H,2-4,7,10-11,17H2,1H3. The summed E-state index contributed by atoms with van der Waals surface area (Å²) in [5.74, 6) is 2.72. The summed E-state index contributed by atoms with van der Waals surface area (Å²) in [6.07, 6.45) is 11.7. The summed E-state index contributed by atoms with van der Waals surface area (Å²) in [6, 6.07) is 8.60. The molecule has 180 valence electrons. The van der Waals surface area contributed by atoms with Crippen LogP contribution in [0.3, 0.4) is 0 Å². The third kappa shape index (κ3) is 4.66. The summed E-state index contributed by atoms with van der Waals surface area (Å²) in [7, 11) is 0. The maximum atomic E-state index is 5.53. The van der Waals surface area contributed by atoms with Gasteiger partial charge in [0.25, 0.3) is 0 Å². The molecule has 0 N–H and O–H groups in total. The molecule has 8 nitrogen and oxygen atoms in total. The number of hydrogen-bond donors (Lipinski definition) is 0. The predicted octanol–water partition coefficient (Wildman–Crippen LogP) is 4.71. The van der Waals surface area contributed by atoms with Crippen LogP contribution in [0.1, 0.15) is 53.2 Å². The van der Waals surface area contributed by atoms with Gasteiger partial charge in [-0.2, -0.15) is 0 Å². The Kier molecular flexibility index (Phi) is 6.18. The van der Waals surface area contributed by atoms with E-state index < -0.39 is 0 Å². The second-order valence-corrected chi connectivity index (χ2v) is 10.0. The third-order valence-corrected chi connectivity index (χ3v) is 7.68. The number of imidazole rings is 1. The van der Waals surface area contributed by atoms with E-state index in [-0.39, 0.29) is 6.04 Å². The first-order valence-electron chi connectivity index (χ1n) is 12.1. The van der Waals surface area contributed by atoms with Crippen molar-refractivity contribution in [3.8, 4) is 17.4 Å². The van der Waals surface area contributed by atoms with Crippen LogP contribution in [-0.4, -0.2) is 49.3 Å². The second kappa shape index (κ2) is 9.75. The van der Waals surface area contributed by atoms with Crippen molar-refractivity contribution in [3.63, 3.8) is 0 Å². The Balaban J connectivity index is 1.19. The van der Waals surface area contributed by atoms with Crippen molar-refractivity contribution in [1.82, 2.24) is 29.4 Å². The lowest BCUT2D eigenvalue weighted by Crippen LogP contribution is -2.27. The van der Waals surface area contributed by atoms with Gasteiger partial charge in [0.2, 0.25) is 12.7 Å². The Bertz CT molecular complexity index is 1280. The number of rotatable bonds is 8. The molecule has 1 fully saturated rings. The van der Waals surface area contributed by atoms with Crippen LogP contribution in [0.4, 0.5) is 0 Å². The third-order valence-electron chi connectivity index (χ3n) is 6.77. The minimum atomic E-state index is 0.190. The fourth-order valence-electron chi connectivity index (χ4n) is 5.14. The highest BCUT2D eigenvalue weighted by molar-refractivity contribution is 7.09. The van der Waals surface area contributed by atoms with Crippen molar-refractivity contribution in [2.45, 2.75) is 44.6 Å². The van der Waals surface area contributed by atoms with Crippen molar-refractivity contribution >= 4 is 11.3 Å². The van der Waals surface area contributed by atoms with E-state index >= 15 is 0 Å². The molecule has 2 aliphatic heterocycles. The summed E-state index contributed by atoms with van der Waals surface area (Å²) in [4.78, 5) is 21.1. The monoisotopic (exact) mass is 488 g/mol. The van der Waals surface area contributed by atoms with Crippen molar-refractivity contribution < 1.29 is 9.47 Å². The molecular weight excluding hydrogens is 460 g/mol. The first-order valence-corrected chi connectivity index (χ1v) is 13.0. The van der Waals surface area contributed by atoms with E-state index in [9.17, 15) is 0 Å². The summed E-state index contributed by atoms with van der Waals surface area (Å²) in [6.45, 7) is 4.43. The molecule has 1 saturated heterocycles. The highest BCUT2D eigenvalue weighted by Crippen LogP contribution is 2.44. The lowest BCUT2D eigenvalue weighted by atomic mass is 9.97. The molecule has 5 heterocycles. The van der Waals surface area contributed by atoms with Gasteiger partial charge in [0.15, 0.2) is 11.5 Å². The number of hydrogen-bond acceptors (Lipinski definition) is 8. The fourth-order valence-corrected chi connectivity index (χ4v) is 5.94. The van der Waals surface area contributed by atoms with Crippen LogP contribution in [0.15, 0.2) is 54.6 Å². The minimum absolute atomic E-state index is 0.190. The Morgan fingerprint density at radius 2 is 2.03 bits per heavy atom. The SMILES string of the molecule is Cc1cc(C2C(c3nccs3)CCN2CCCCc2ccc3c(c2)OCO3)nc(-n2ccnc2)n1. The molecule has 0 amide bonds. The van der Waals surface area contributed by atoms with Crippen LogP contribution < -0.4 is 9.47 Å². The Morgan fingerprint density at radius 1 is 1.09 bits per heavy atom. The molecule has 0 spiro atoms. The van der Waals surface area contributed by atoms with E-state index in [1.807, 2.05) is 30.0 Å². The van der Waals surface area contributed by atoms with Crippen LogP contribution in [0.2, 0.25) is 0 Å². The molecule has 0 aliphatic carbocycles. The molecule has 2 unspecified atom stereocenters. The van der Waals surface area contributed by atoms with Crippen LogP contribution in [0, 0.1) is 6.92 Å². The Labute approximate surface area is 208 Å². The summed E-state index contributed by atoms with van der Waals surface area (Å²) in [5.41, 5.74) is 3.32. The molecule has 35 heavy (non-hydrogen) atoms. The molecule has 6 rings (SSSR count). The van der Waals surface area contributed by atoms with Crippen molar-refractivity contribution in [3.05, 3.63) is 76.5 Å². The van der Waals surface area contributed by atoms with Gasteiger partial charge in [-0.1, -0.05) is 6.07 Å². The number of fused-ring (bicyclic) bond motifs is 1. The molecule has 4 aromatic rings. The van der Waals surface area contributed by atoms with Gasteiger partial charge in [0.05, 0.1) is 16.7 Å². The molecule has 2 atom stereocenters. The van der Waals surface area contributed by atoms with E-state index in [4.69, 9.17) is 14.5 Å². The van der Waals surface area contributed by atoms with Crippen molar-refractivity contribution in [2.75, 3.05) is 19.9 Å². The first-order chi connectivity index (χ1) is 17.2. The van der Waals surface area contributed by atoms with E-state index in [0.29, 0.717) is 18.7 Å². The van der Waals surface area contributed by atoms with Gasteiger partial charge < -0.3 is 9.47 Å². The van der Waals surface area contributed by atoms with E-state index in [2.05, 4.69) is 43.4 Å². The van der Waals surface area contributed by atoms with Crippen molar-refractivity contribution in [1.29, 1.82) is 0 Å². The highest BCUT2D eigenvalue weighted by atomic mass is 32.1. The zero-order valence-corrected chi connectivity index (χ0v) is 20.5. The normalized spacial score (nSPS) is 19.5. The molecule has 0 saturated carbocycles. The number of nitrogens with zero attached hydrogens (tertiary/aromatic N) is 6. The lowest BCUT2D eigenvalue weighted by molar-refractivity contribution is 0.174. The van der Waals surface area contributed by atoms with E-state index in [1.165, 1.54) is 10.6 Å². The average molecular weight is 489 g/mol. The van der Waals surface area contributed by atoms with Gasteiger partial charge in [-0.25, -0.2) is 19.9 Å². The fraction of sp³-hybridized carbons (Fsp3) is 0.385. The van der Waals surface area contributed by atoms with Gasteiger partial charge >= 0.3 is 0 Å². The number of aryl methyl sites for hydroxylation is 2. The molecule has 0 radical (unpaired) electrons. The minimum Gasteiger partial charge on any atom is -0.454 e. The van der Waals surface area contributed by atoms with Gasteiger partial charge in [-0.05, 0) is 69.5 Å². The quantitative estimate of drug-likeness (QED) is 0.332. The van der Waals surface area contributed by atoms with Gasteiger partial charge in [-0.3, -0.25) is 9.47 Å². The topological polar surface area (TPSA) is 78.2 Å². The summed E-state index contributed by atoms with van der Waals surface area (Å²) in [5, 5.41) is 3.26. The highest BCUT2D eigenvalue weighted by Gasteiger charge is 2.38. The van der Waals surface area contributed by atoms with Gasteiger partial charge in [0, 0.05) is 35.6 Å². The average Bonchev–Trinajstić information content (AvgIpc) is 3.68. The number of ether oxygens (including phenoxy) is 2. The largest absolute Gasteiger partial charge is 0.454 e. The molecular formula is C26H28N6O2S. The maximum Gasteiger partial charge on any atom is 0.235 e. The van der Waals surface area contributed by atoms with Crippen LogP contribution >= 0.6 is 11.3 Å². The number of likely N-dealkylation sites (tertiary alicyclic amines) is 1. The molecule has 0 bridgehead atoms. The molecule has 3 aromatic heterocycles. The number of thiazole rings is 1. The zero-order valence-electron chi connectivity index (χ0n) is 19.7. The molecule has 1 aromatic carbocycles. The van der Waals surface area contributed by atoms with E-state index in [1.54, 1.807) is 23.9 Å². The van der Waals surface area contributed by atoms with Crippen molar-refractivity contribution in [2.24, 2.45) is 0 Å². The molecule has 2 aliphatic rings. The summed E-state index contributed by atoms with van der Waals surface area (Å²) < 4.78 is 12.8.